The first-order valence-electron chi connectivity index (χ1n) is 8.85. The standard InChI is InChI=1S/C21H20N6O/c1-13-4-3-5-17(10-13)25-21(28)24-16-8-6-15(7-9-16)18-12-23-19-11-14(2)26-27(19)20(18)22/h3-12H,22H2,1-2H3,(H2,24,25,28). The molecule has 0 saturated carbocycles. The van der Waals surface area contributed by atoms with E-state index in [9.17, 15) is 4.79 Å². The molecule has 140 valence electrons. The summed E-state index contributed by atoms with van der Waals surface area (Å²) in [7, 11) is 0. The lowest BCUT2D eigenvalue weighted by Crippen LogP contribution is -2.19. The van der Waals surface area contributed by atoms with Gasteiger partial charge in [-0.1, -0.05) is 24.3 Å². The van der Waals surface area contributed by atoms with E-state index in [2.05, 4.69) is 20.7 Å². The number of aromatic nitrogens is 3. The lowest BCUT2D eigenvalue weighted by molar-refractivity contribution is 0.262. The number of amides is 2. The van der Waals surface area contributed by atoms with E-state index in [1.165, 1.54) is 0 Å². The molecular weight excluding hydrogens is 352 g/mol. The molecule has 7 nitrogen and oxygen atoms in total. The number of nitrogens with one attached hydrogen (secondary N) is 2. The van der Waals surface area contributed by atoms with E-state index in [4.69, 9.17) is 5.73 Å². The summed E-state index contributed by atoms with van der Waals surface area (Å²) in [6, 6.07) is 16.6. The maximum Gasteiger partial charge on any atom is 0.323 e. The van der Waals surface area contributed by atoms with Crippen LogP contribution in [0.3, 0.4) is 0 Å². The van der Waals surface area contributed by atoms with Crippen LogP contribution in [0.15, 0.2) is 60.8 Å². The summed E-state index contributed by atoms with van der Waals surface area (Å²) in [6.45, 7) is 3.88. The van der Waals surface area contributed by atoms with Crippen molar-refractivity contribution < 1.29 is 4.79 Å². The number of carbonyl (C=O) groups excluding carboxylic acids is 1. The molecule has 4 rings (SSSR count). The van der Waals surface area contributed by atoms with Crippen molar-refractivity contribution in [2.75, 3.05) is 16.4 Å². The molecule has 4 aromatic rings. The fraction of sp³-hybridized carbons (Fsp3) is 0.0952. The monoisotopic (exact) mass is 372 g/mol. The minimum Gasteiger partial charge on any atom is -0.383 e. The lowest BCUT2D eigenvalue weighted by atomic mass is 10.1. The van der Waals surface area contributed by atoms with E-state index < -0.39 is 0 Å². The summed E-state index contributed by atoms with van der Waals surface area (Å²) in [4.78, 5) is 16.6. The van der Waals surface area contributed by atoms with Crippen LogP contribution in [0.5, 0.6) is 0 Å². The van der Waals surface area contributed by atoms with Crippen molar-refractivity contribution >= 4 is 28.9 Å². The summed E-state index contributed by atoms with van der Waals surface area (Å²) in [5, 5.41) is 10.0. The van der Waals surface area contributed by atoms with E-state index in [0.29, 0.717) is 17.2 Å². The predicted molar refractivity (Wildman–Crippen MR) is 111 cm³/mol. The molecule has 0 bridgehead atoms. The van der Waals surface area contributed by atoms with Crippen molar-refractivity contribution in [2.45, 2.75) is 13.8 Å². The minimum absolute atomic E-state index is 0.298. The van der Waals surface area contributed by atoms with Crippen molar-refractivity contribution in [3.05, 3.63) is 72.1 Å². The van der Waals surface area contributed by atoms with E-state index in [-0.39, 0.29) is 6.03 Å². The molecule has 0 aliphatic carbocycles. The number of nitrogen functional groups attached to an aromatic ring is 1. The molecule has 2 amide bonds. The molecule has 0 atom stereocenters. The van der Waals surface area contributed by atoms with Crippen LogP contribution >= 0.6 is 0 Å². The van der Waals surface area contributed by atoms with Gasteiger partial charge in [-0.05, 0) is 49.2 Å². The second-order valence-electron chi connectivity index (χ2n) is 6.64. The maximum absolute atomic E-state index is 12.2. The van der Waals surface area contributed by atoms with Crippen LogP contribution in [-0.2, 0) is 0 Å². The van der Waals surface area contributed by atoms with Gasteiger partial charge in [-0.25, -0.2) is 9.78 Å². The number of aryl methyl sites for hydroxylation is 2. The van der Waals surface area contributed by atoms with Crippen molar-refractivity contribution in [1.82, 2.24) is 14.6 Å². The molecule has 2 aromatic heterocycles. The highest BCUT2D eigenvalue weighted by Crippen LogP contribution is 2.27. The smallest absolute Gasteiger partial charge is 0.323 e. The van der Waals surface area contributed by atoms with Gasteiger partial charge in [0.05, 0.1) is 5.69 Å². The number of nitrogens with zero attached hydrogens (tertiary/aromatic N) is 3. The lowest BCUT2D eigenvalue weighted by Gasteiger charge is -2.10. The molecule has 0 aliphatic heterocycles. The molecule has 0 saturated heterocycles. The molecular formula is C21H20N6O. The molecule has 0 aliphatic rings. The van der Waals surface area contributed by atoms with Crippen molar-refractivity contribution in [1.29, 1.82) is 0 Å². The highest BCUT2D eigenvalue weighted by molar-refractivity contribution is 5.99. The number of hydrogen-bond donors (Lipinski definition) is 3. The Bertz CT molecular complexity index is 1160. The van der Waals surface area contributed by atoms with Crippen LogP contribution in [-0.4, -0.2) is 20.6 Å². The summed E-state index contributed by atoms with van der Waals surface area (Å²) in [6.07, 6.45) is 1.73. The van der Waals surface area contributed by atoms with Crippen LogP contribution in [0.4, 0.5) is 22.0 Å². The molecule has 0 spiro atoms. The first-order chi connectivity index (χ1) is 13.5. The SMILES string of the molecule is Cc1cccc(NC(=O)Nc2ccc(-c3cnc4cc(C)nn4c3N)cc2)c1. The van der Waals surface area contributed by atoms with E-state index in [0.717, 1.165) is 28.1 Å². The number of fused-ring (bicyclic) bond motifs is 1. The Morgan fingerprint density at radius 2 is 1.75 bits per heavy atom. The van der Waals surface area contributed by atoms with Crippen LogP contribution in [0.1, 0.15) is 11.3 Å². The average molecular weight is 372 g/mol. The van der Waals surface area contributed by atoms with Crippen LogP contribution in [0.2, 0.25) is 0 Å². The highest BCUT2D eigenvalue weighted by atomic mass is 16.2. The van der Waals surface area contributed by atoms with Crippen molar-refractivity contribution in [3.63, 3.8) is 0 Å². The van der Waals surface area contributed by atoms with Gasteiger partial charge >= 0.3 is 6.03 Å². The molecule has 2 aromatic carbocycles. The van der Waals surface area contributed by atoms with Crippen molar-refractivity contribution in [2.24, 2.45) is 0 Å². The van der Waals surface area contributed by atoms with Crippen LogP contribution in [0.25, 0.3) is 16.8 Å². The van der Waals surface area contributed by atoms with E-state index >= 15 is 0 Å². The normalized spacial score (nSPS) is 10.8. The number of urea groups is 1. The summed E-state index contributed by atoms with van der Waals surface area (Å²) in [5.74, 6) is 0.524. The third-order valence-electron chi connectivity index (χ3n) is 4.37. The molecule has 7 heteroatoms. The van der Waals surface area contributed by atoms with Gasteiger partial charge in [0.15, 0.2) is 5.65 Å². The topological polar surface area (TPSA) is 97.3 Å². The zero-order valence-electron chi connectivity index (χ0n) is 15.6. The third kappa shape index (κ3) is 3.50. The number of benzene rings is 2. The Morgan fingerprint density at radius 3 is 2.50 bits per heavy atom. The van der Waals surface area contributed by atoms with Crippen molar-refractivity contribution in [3.8, 4) is 11.1 Å². The van der Waals surface area contributed by atoms with Crippen LogP contribution in [0, 0.1) is 13.8 Å². The average Bonchev–Trinajstić information content (AvgIpc) is 3.04. The Balaban J connectivity index is 1.51. The molecule has 0 unspecified atom stereocenters. The second-order valence-corrected chi connectivity index (χ2v) is 6.64. The number of hydrogen-bond acceptors (Lipinski definition) is 4. The fourth-order valence-corrected chi connectivity index (χ4v) is 3.04. The summed E-state index contributed by atoms with van der Waals surface area (Å²) in [5.41, 5.74) is 12.0. The Morgan fingerprint density at radius 1 is 1.00 bits per heavy atom. The molecule has 28 heavy (non-hydrogen) atoms. The van der Waals surface area contributed by atoms with Gasteiger partial charge in [-0.3, -0.25) is 0 Å². The largest absolute Gasteiger partial charge is 0.383 e. The number of rotatable bonds is 3. The Hall–Kier alpha value is -3.87. The van der Waals surface area contributed by atoms with Gasteiger partial charge in [0.25, 0.3) is 0 Å². The fourth-order valence-electron chi connectivity index (χ4n) is 3.04. The zero-order valence-corrected chi connectivity index (χ0v) is 15.6. The summed E-state index contributed by atoms with van der Waals surface area (Å²) >= 11 is 0. The Kier molecular flexibility index (Phi) is 4.41. The first kappa shape index (κ1) is 17.5. The number of carbonyl (C=O) groups is 1. The van der Waals surface area contributed by atoms with Gasteiger partial charge in [-0.15, -0.1) is 0 Å². The first-order valence-corrected chi connectivity index (χ1v) is 8.85. The Labute approximate surface area is 162 Å². The quantitative estimate of drug-likeness (QED) is 0.501. The van der Waals surface area contributed by atoms with Gasteiger partial charge in [0.1, 0.15) is 5.82 Å². The van der Waals surface area contributed by atoms with E-state index in [1.807, 2.05) is 68.4 Å². The minimum atomic E-state index is -0.298. The third-order valence-corrected chi connectivity index (χ3v) is 4.37. The molecule has 4 N–H and O–H groups in total. The zero-order chi connectivity index (χ0) is 19.7. The highest BCUT2D eigenvalue weighted by Gasteiger charge is 2.10. The van der Waals surface area contributed by atoms with Gasteiger partial charge in [-0.2, -0.15) is 9.61 Å². The second kappa shape index (κ2) is 7.03. The molecule has 0 fully saturated rings. The number of nitrogens with two attached hydrogens (primary N) is 1. The van der Waals surface area contributed by atoms with Gasteiger partial charge < -0.3 is 16.4 Å². The molecule has 0 radical (unpaired) electrons. The summed E-state index contributed by atoms with van der Waals surface area (Å²) < 4.78 is 1.63. The van der Waals surface area contributed by atoms with Gasteiger partial charge in [0, 0.05) is 29.2 Å². The maximum atomic E-state index is 12.2. The predicted octanol–water partition coefficient (Wildman–Crippen LogP) is 4.24. The van der Waals surface area contributed by atoms with Crippen LogP contribution < -0.4 is 16.4 Å². The van der Waals surface area contributed by atoms with Gasteiger partial charge in [0.2, 0.25) is 0 Å². The molecule has 2 heterocycles. The van der Waals surface area contributed by atoms with E-state index in [1.54, 1.807) is 10.7 Å². The number of anilines is 3.